The fourth-order valence-corrected chi connectivity index (χ4v) is 4.74. The molecule has 0 spiro atoms. The van der Waals surface area contributed by atoms with Gasteiger partial charge < -0.3 is 9.64 Å². The van der Waals surface area contributed by atoms with Crippen LogP contribution in [0.15, 0.2) is 48.8 Å². The summed E-state index contributed by atoms with van der Waals surface area (Å²) in [6, 6.07) is 10.5. The van der Waals surface area contributed by atoms with Crippen LogP contribution in [0.3, 0.4) is 0 Å². The molecule has 1 aromatic carbocycles. The average Bonchev–Trinajstić information content (AvgIpc) is 3.27. The molecule has 2 heterocycles. The number of benzene rings is 1. The number of sulfonamides is 1. The summed E-state index contributed by atoms with van der Waals surface area (Å²) in [4.78, 5) is 18.7. The summed E-state index contributed by atoms with van der Waals surface area (Å²) in [6.45, 7) is 1.57. The first-order valence-corrected chi connectivity index (χ1v) is 10.9. The molecule has 1 aromatic heterocycles. The molecular weight excluding hydrogens is 378 g/mol. The van der Waals surface area contributed by atoms with Gasteiger partial charge in [-0.2, -0.15) is 0 Å². The van der Waals surface area contributed by atoms with E-state index in [1.165, 1.54) is 4.31 Å². The molecule has 0 N–H and O–H groups in total. The van der Waals surface area contributed by atoms with Crippen molar-refractivity contribution in [3.05, 3.63) is 59.9 Å². The number of rotatable bonds is 8. The Hall–Kier alpha value is -2.45. The monoisotopic (exact) mass is 403 g/mol. The highest BCUT2D eigenvalue weighted by Crippen LogP contribution is 2.17. The van der Waals surface area contributed by atoms with E-state index in [2.05, 4.69) is 4.98 Å². The number of aromatic nitrogens is 1. The lowest BCUT2D eigenvalue weighted by molar-refractivity contribution is 0.0753. The van der Waals surface area contributed by atoms with Crippen LogP contribution in [0.4, 0.5) is 0 Å². The number of carbonyl (C=O) groups excluding carboxylic acids is 1. The van der Waals surface area contributed by atoms with E-state index < -0.39 is 10.0 Å². The second-order valence-electron chi connectivity index (χ2n) is 6.74. The van der Waals surface area contributed by atoms with Crippen LogP contribution in [-0.4, -0.2) is 61.0 Å². The second-order valence-corrected chi connectivity index (χ2v) is 8.82. The number of amides is 1. The quantitative estimate of drug-likeness (QED) is 0.675. The molecule has 1 aliphatic rings. The van der Waals surface area contributed by atoms with Crippen molar-refractivity contribution in [2.45, 2.75) is 19.4 Å². The van der Waals surface area contributed by atoms with Crippen LogP contribution in [0.2, 0.25) is 0 Å². The molecule has 3 rings (SSSR count). The fraction of sp³-hybridized carbons (Fsp3) is 0.400. The van der Waals surface area contributed by atoms with Crippen LogP contribution >= 0.6 is 0 Å². The Morgan fingerprint density at radius 1 is 1.18 bits per heavy atom. The lowest BCUT2D eigenvalue weighted by Gasteiger charge is -2.24. The third kappa shape index (κ3) is 5.08. The van der Waals surface area contributed by atoms with E-state index in [0.29, 0.717) is 30.9 Å². The highest BCUT2D eigenvalue weighted by Gasteiger charge is 2.27. The Bertz CT molecular complexity index is 897. The fourth-order valence-electron chi connectivity index (χ4n) is 3.22. The summed E-state index contributed by atoms with van der Waals surface area (Å²) >= 11 is 0. The van der Waals surface area contributed by atoms with Crippen molar-refractivity contribution in [1.29, 1.82) is 0 Å². The van der Waals surface area contributed by atoms with Gasteiger partial charge in [-0.05, 0) is 48.7 Å². The summed E-state index contributed by atoms with van der Waals surface area (Å²) < 4.78 is 31.9. The normalized spacial score (nSPS) is 14.8. The minimum Gasteiger partial charge on any atom is -0.497 e. The molecule has 150 valence electrons. The average molecular weight is 404 g/mol. The molecule has 0 bridgehead atoms. The molecule has 0 aliphatic carbocycles. The number of methoxy groups -OCH3 is 1. The first-order chi connectivity index (χ1) is 13.5. The third-order valence-electron chi connectivity index (χ3n) is 4.80. The molecule has 0 unspecified atom stereocenters. The summed E-state index contributed by atoms with van der Waals surface area (Å²) in [5.74, 6) is 0.264. The van der Waals surface area contributed by atoms with Gasteiger partial charge in [0.25, 0.3) is 5.91 Å². The van der Waals surface area contributed by atoms with Gasteiger partial charge in [0.2, 0.25) is 10.0 Å². The van der Waals surface area contributed by atoms with E-state index in [1.54, 1.807) is 48.7 Å². The van der Waals surface area contributed by atoms with Crippen LogP contribution in [0.5, 0.6) is 5.75 Å². The van der Waals surface area contributed by atoms with E-state index in [-0.39, 0.29) is 18.2 Å². The molecule has 1 amide bonds. The zero-order chi connectivity index (χ0) is 20.0. The molecule has 0 atom stereocenters. The Morgan fingerprint density at radius 2 is 1.89 bits per heavy atom. The molecule has 1 saturated heterocycles. The zero-order valence-corrected chi connectivity index (χ0v) is 16.8. The van der Waals surface area contributed by atoms with Gasteiger partial charge in [-0.1, -0.05) is 6.07 Å². The topological polar surface area (TPSA) is 79.8 Å². The largest absolute Gasteiger partial charge is 0.497 e. The molecule has 0 radical (unpaired) electrons. The number of pyridine rings is 1. The smallest absolute Gasteiger partial charge is 0.254 e. The van der Waals surface area contributed by atoms with Crippen molar-refractivity contribution in [1.82, 2.24) is 14.2 Å². The van der Waals surface area contributed by atoms with Crippen molar-refractivity contribution in [3.63, 3.8) is 0 Å². The van der Waals surface area contributed by atoms with Gasteiger partial charge in [0.05, 0.1) is 12.9 Å². The highest BCUT2D eigenvalue weighted by atomic mass is 32.2. The molecule has 8 heteroatoms. The summed E-state index contributed by atoms with van der Waals surface area (Å²) in [5.41, 5.74) is 1.36. The number of hydrogen-bond donors (Lipinski definition) is 0. The van der Waals surface area contributed by atoms with E-state index in [1.807, 2.05) is 12.1 Å². The van der Waals surface area contributed by atoms with Crippen molar-refractivity contribution in [3.8, 4) is 5.75 Å². The third-order valence-corrected chi connectivity index (χ3v) is 6.65. The van der Waals surface area contributed by atoms with Crippen LogP contribution in [-0.2, 0) is 16.6 Å². The second kappa shape index (κ2) is 9.16. The minimum absolute atomic E-state index is 0.0895. The van der Waals surface area contributed by atoms with E-state index in [4.69, 9.17) is 4.74 Å². The molecule has 0 saturated carbocycles. The Morgan fingerprint density at radius 3 is 2.57 bits per heavy atom. The predicted octanol–water partition coefficient (Wildman–Crippen LogP) is 2.16. The maximum Gasteiger partial charge on any atom is 0.254 e. The van der Waals surface area contributed by atoms with Gasteiger partial charge in [-0.3, -0.25) is 9.78 Å². The molecular formula is C20H25N3O4S. The molecule has 2 aromatic rings. The maximum absolute atomic E-state index is 13.1. The van der Waals surface area contributed by atoms with Gasteiger partial charge in [-0.25, -0.2) is 12.7 Å². The maximum atomic E-state index is 13.1. The van der Waals surface area contributed by atoms with E-state index in [0.717, 1.165) is 18.4 Å². The van der Waals surface area contributed by atoms with Crippen molar-refractivity contribution >= 4 is 15.9 Å². The molecule has 1 fully saturated rings. The number of nitrogens with zero attached hydrogens (tertiary/aromatic N) is 3. The van der Waals surface area contributed by atoms with Gasteiger partial charge >= 0.3 is 0 Å². The molecule has 1 aliphatic heterocycles. The van der Waals surface area contributed by atoms with Gasteiger partial charge in [-0.15, -0.1) is 0 Å². The van der Waals surface area contributed by atoms with Gasteiger partial charge in [0.15, 0.2) is 0 Å². The zero-order valence-electron chi connectivity index (χ0n) is 16.0. The lowest BCUT2D eigenvalue weighted by atomic mass is 10.1. The van der Waals surface area contributed by atoms with Crippen molar-refractivity contribution in [2.24, 2.45) is 0 Å². The Labute approximate surface area is 166 Å². The SMILES string of the molecule is COc1cccc(C(=O)N(CCS(=O)(=O)N2CCCC2)Cc2ccncc2)c1. The van der Waals surface area contributed by atoms with E-state index >= 15 is 0 Å². The van der Waals surface area contributed by atoms with Crippen molar-refractivity contribution < 1.29 is 17.9 Å². The summed E-state index contributed by atoms with van der Waals surface area (Å²) in [5, 5.41) is 0. The van der Waals surface area contributed by atoms with Gasteiger partial charge in [0.1, 0.15) is 5.75 Å². The summed E-state index contributed by atoms with van der Waals surface area (Å²) in [7, 11) is -1.83. The van der Waals surface area contributed by atoms with Crippen LogP contribution < -0.4 is 4.74 Å². The van der Waals surface area contributed by atoms with Gasteiger partial charge in [0, 0.05) is 44.1 Å². The van der Waals surface area contributed by atoms with Crippen LogP contribution in [0, 0.1) is 0 Å². The standard InChI is InChI=1S/C20H25N3O4S/c1-27-19-6-4-5-18(15-19)20(24)22(16-17-7-9-21-10-8-17)13-14-28(25,26)23-11-2-3-12-23/h4-10,15H,2-3,11-14,16H2,1H3. The van der Waals surface area contributed by atoms with Crippen LogP contribution in [0.25, 0.3) is 0 Å². The van der Waals surface area contributed by atoms with Crippen LogP contribution in [0.1, 0.15) is 28.8 Å². The van der Waals surface area contributed by atoms with Crippen molar-refractivity contribution in [2.75, 3.05) is 32.5 Å². The molecule has 28 heavy (non-hydrogen) atoms. The lowest BCUT2D eigenvalue weighted by Crippen LogP contribution is -2.38. The molecule has 7 nitrogen and oxygen atoms in total. The van der Waals surface area contributed by atoms with E-state index in [9.17, 15) is 13.2 Å². The number of hydrogen-bond acceptors (Lipinski definition) is 5. The first kappa shape index (κ1) is 20.3. The predicted molar refractivity (Wildman–Crippen MR) is 107 cm³/mol. The Kier molecular flexibility index (Phi) is 6.64. The highest BCUT2D eigenvalue weighted by molar-refractivity contribution is 7.89. The minimum atomic E-state index is -3.37. The first-order valence-electron chi connectivity index (χ1n) is 9.29. The number of carbonyl (C=O) groups is 1. The Balaban J connectivity index is 1.79. The summed E-state index contributed by atoms with van der Waals surface area (Å²) in [6.07, 6.45) is 5.10. The number of ether oxygens (including phenoxy) is 1.